The molecule has 5 fully saturated rings. The van der Waals surface area contributed by atoms with Gasteiger partial charge in [0.1, 0.15) is 5.54 Å². The number of benzene rings is 1. The number of piperazine rings is 1. The number of amides is 1. The second kappa shape index (κ2) is 6.11. The molecule has 6 nitrogen and oxygen atoms in total. The molecule has 34 heavy (non-hydrogen) atoms. The van der Waals surface area contributed by atoms with Gasteiger partial charge < -0.3 is 19.6 Å². The normalized spacial score (nSPS) is 36.9. The molecule has 0 radical (unpaired) electrons. The van der Waals surface area contributed by atoms with Crippen molar-refractivity contribution in [3.63, 3.8) is 0 Å². The molecule has 7 heteroatoms. The summed E-state index contributed by atoms with van der Waals surface area (Å²) in [6.07, 6.45) is 4.00. The predicted octanol–water partition coefficient (Wildman–Crippen LogP) is 3.02. The van der Waals surface area contributed by atoms with Gasteiger partial charge in [-0.05, 0) is 82.9 Å². The fraction of sp³-hybridized carbons (Fsp3) is 0.667. The largest absolute Gasteiger partial charge is 0.494 e. The fourth-order valence-electron chi connectivity index (χ4n) is 7.99. The highest BCUT2D eigenvalue weighted by Crippen LogP contribution is 2.58. The zero-order valence-corrected chi connectivity index (χ0v) is 21.3. The monoisotopic (exact) mass is 461 g/mol. The van der Waals surface area contributed by atoms with Crippen molar-refractivity contribution in [2.45, 2.75) is 94.9 Å². The Hall–Kier alpha value is -1.83. The topological polar surface area (TPSA) is 66.6 Å². The van der Waals surface area contributed by atoms with E-state index in [-0.39, 0.29) is 40.7 Å². The lowest BCUT2D eigenvalue weighted by Gasteiger charge is -2.65. The molecule has 1 aliphatic carbocycles. The molecular weight excluding hydrogens is 425 g/mol. The minimum atomic E-state index is -0.370. The molecule has 0 saturated carbocycles. The van der Waals surface area contributed by atoms with Crippen LogP contribution in [-0.2, 0) is 25.9 Å². The highest BCUT2D eigenvalue weighted by Gasteiger charge is 2.68. The zero-order valence-electron chi connectivity index (χ0n) is 21.3. The smallest absolute Gasteiger partial charge is 0.399 e. The summed E-state index contributed by atoms with van der Waals surface area (Å²) in [5, 5.41) is 4.84. The Labute approximate surface area is 202 Å². The van der Waals surface area contributed by atoms with Crippen LogP contribution in [0.5, 0.6) is 0 Å². The van der Waals surface area contributed by atoms with Crippen LogP contribution in [0.15, 0.2) is 18.2 Å². The maximum absolute atomic E-state index is 13.3. The number of rotatable bonds is 1. The first-order valence-electron chi connectivity index (χ1n) is 13.0. The number of nitrogens with zero attached hydrogens (tertiary/aromatic N) is 1. The molecule has 3 atom stereocenters. The number of hydrogen-bond acceptors (Lipinski definition) is 4. The predicted molar refractivity (Wildman–Crippen MR) is 133 cm³/mol. The molecule has 180 valence electrons. The van der Waals surface area contributed by atoms with Gasteiger partial charge in [0.25, 0.3) is 0 Å². The van der Waals surface area contributed by atoms with Crippen LogP contribution in [0, 0.1) is 5.92 Å². The fourth-order valence-corrected chi connectivity index (χ4v) is 7.99. The number of aromatic amines is 1. The summed E-state index contributed by atoms with van der Waals surface area (Å²) < 4.78 is 12.6. The SMILES string of the molecule is CC1(C)c2[nH]c3cc(B4OC(C)(C)C(C)(C)O4)ccc3c2C[C@@]23CN4CCC[C@]4(C[C@@H]12)C(=O)N3. The number of aromatic nitrogens is 1. The van der Waals surface area contributed by atoms with Crippen molar-refractivity contribution in [3.05, 3.63) is 29.5 Å². The third-order valence-electron chi connectivity index (χ3n) is 10.6. The molecule has 6 aliphatic rings. The molecule has 5 saturated heterocycles. The van der Waals surface area contributed by atoms with E-state index in [1.165, 1.54) is 16.6 Å². The van der Waals surface area contributed by atoms with E-state index in [1.54, 1.807) is 0 Å². The number of fused-ring (bicyclic) bond motifs is 4. The molecule has 1 aromatic carbocycles. The molecule has 2 bridgehead atoms. The van der Waals surface area contributed by atoms with Crippen molar-refractivity contribution in [3.8, 4) is 0 Å². The molecule has 1 aromatic heterocycles. The van der Waals surface area contributed by atoms with Gasteiger partial charge in [0.05, 0.1) is 16.7 Å². The van der Waals surface area contributed by atoms with Gasteiger partial charge in [-0.15, -0.1) is 0 Å². The first kappa shape index (κ1) is 21.5. The number of piperidine rings is 2. The lowest BCUT2D eigenvalue weighted by Crippen LogP contribution is -2.82. The molecular formula is C27H36BN3O3. The van der Waals surface area contributed by atoms with E-state index < -0.39 is 0 Å². The summed E-state index contributed by atoms with van der Waals surface area (Å²) in [6.45, 7) is 15.2. The van der Waals surface area contributed by atoms with E-state index in [0.29, 0.717) is 5.92 Å². The Morgan fingerprint density at radius 2 is 1.82 bits per heavy atom. The molecule has 5 aliphatic heterocycles. The van der Waals surface area contributed by atoms with E-state index in [4.69, 9.17) is 9.31 Å². The maximum Gasteiger partial charge on any atom is 0.494 e. The quantitative estimate of drug-likeness (QED) is 0.641. The average Bonchev–Trinajstić information content (AvgIpc) is 3.39. The highest BCUT2D eigenvalue weighted by molar-refractivity contribution is 6.62. The van der Waals surface area contributed by atoms with Crippen LogP contribution in [0.25, 0.3) is 10.9 Å². The molecule has 1 amide bonds. The van der Waals surface area contributed by atoms with Crippen molar-refractivity contribution in [2.24, 2.45) is 5.92 Å². The Kier molecular flexibility index (Phi) is 3.85. The van der Waals surface area contributed by atoms with Crippen LogP contribution in [-0.4, -0.2) is 58.3 Å². The standard InChI is InChI=1S/C27H36BN3O3/c1-23(2)20-14-27-10-7-11-31(27)15-26(20,30-22(27)32)13-18-17-9-8-16(12-19(17)29-21(18)23)28-33-24(3,4)25(5,6)34-28/h8-9,12,20,29H,7,10-11,13-15H2,1-6H3,(H,30,32)/t20-,26+,27-/m0/s1. The van der Waals surface area contributed by atoms with Crippen molar-refractivity contribution in [1.82, 2.24) is 15.2 Å². The van der Waals surface area contributed by atoms with Gasteiger partial charge in [-0.2, -0.15) is 0 Å². The van der Waals surface area contributed by atoms with Gasteiger partial charge >= 0.3 is 7.12 Å². The van der Waals surface area contributed by atoms with Crippen LogP contribution < -0.4 is 10.8 Å². The molecule has 2 aromatic rings. The first-order valence-corrected chi connectivity index (χ1v) is 13.0. The third kappa shape index (κ3) is 2.41. The number of hydrogen-bond donors (Lipinski definition) is 2. The lowest BCUT2D eigenvalue weighted by atomic mass is 9.51. The zero-order chi connectivity index (χ0) is 23.9. The minimum Gasteiger partial charge on any atom is -0.399 e. The Morgan fingerprint density at radius 3 is 2.56 bits per heavy atom. The summed E-state index contributed by atoms with van der Waals surface area (Å²) in [4.78, 5) is 19.7. The molecule has 0 unspecified atom stereocenters. The van der Waals surface area contributed by atoms with Crippen LogP contribution in [0.2, 0.25) is 0 Å². The van der Waals surface area contributed by atoms with Crippen molar-refractivity contribution in [1.29, 1.82) is 0 Å². The minimum absolute atomic E-state index is 0.0491. The third-order valence-corrected chi connectivity index (χ3v) is 10.6. The van der Waals surface area contributed by atoms with Gasteiger partial charge in [-0.25, -0.2) is 0 Å². The van der Waals surface area contributed by atoms with Crippen molar-refractivity contribution in [2.75, 3.05) is 13.1 Å². The second-order valence-electron chi connectivity index (χ2n) is 13.2. The van der Waals surface area contributed by atoms with Crippen LogP contribution in [0.4, 0.5) is 0 Å². The number of nitrogens with one attached hydrogen (secondary N) is 2. The summed E-state index contributed by atoms with van der Waals surface area (Å²) in [5.41, 5.74) is 3.66. The summed E-state index contributed by atoms with van der Waals surface area (Å²) in [6, 6.07) is 6.59. The van der Waals surface area contributed by atoms with Crippen molar-refractivity contribution >= 4 is 29.4 Å². The molecule has 8 rings (SSSR count). The van der Waals surface area contributed by atoms with Gasteiger partial charge in [0.2, 0.25) is 5.91 Å². The molecule has 6 heterocycles. The second-order valence-corrected chi connectivity index (χ2v) is 13.2. The van der Waals surface area contributed by atoms with E-state index in [2.05, 4.69) is 74.9 Å². The summed E-state index contributed by atoms with van der Waals surface area (Å²) in [7, 11) is -0.370. The van der Waals surface area contributed by atoms with Gasteiger partial charge in [-0.1, -0.05) is 26.0 Å². The van der Waals surface area contributed by atoms with Gasteiger partial charge in [-0.3, -0.25) is 9.69 Å². The number of carbonyl (C=O) groups is 1. The van der Waals surface area contributed by atoms with E-state index in [0.717, 1.165) is 49.8 Å². The van der Waals surface area contributed by atoms with Crippen LogP contribution >= 0.6 is 0 Å². The molecule has 2 N–H and O–H groups in total. The van der Waals surface area contributed by atoms with Gasteiger partial charge in [0, 0.05) is 28.6 Å². The van der Waals surface area contributed by atoms with Crippen molar-refractivity contribution < 1.29 is 14.1 Å². The van der Waals surface area contributed by atoms with E-state index in [9.17, 15) is 4.79 Å². The van der Waals surface area contributed by atoms with Gasteiger partial charge in [0.15, 0.2) is 0 Å². The number of carbonyl (C=O) groups excluding carboxylic acids is 1. The van der Waals surface area contributed by atoms with E-state index >= 15 is 0 Å². The Balaban J connectivity index is 1.32. The summed E-state index contributed by atoms with van der Waals surface area (Å²) >= 11 is 0. The lowest BCUT2D eigenvalue weighted by molar-refractivity contribution is -0.160. The van der Waals surface area contributed by atoms with E-state index in [1.807, 2.05) is 0 Å². The molecule has 2 spiro atoms. The highest BCUT2D eigenvalue weighted by atomic mass is 16.7. The van der Waals surface area contributed by atoms with Crippen LogP contribution in [0.3, 0.4) is 0 Å². The first-order chi connectivity index (χ1) is 15.9. The number of H-pyrrole nitrogens is 1. The average molecular weight is 461 g/mol. The maximum atomic E-state index is 13.3. The summed E-state index contributed by atoms with van der Waals surface area (Å²) in [5.74, 6) is 0.699. The Bertz CT molecular complexity index is 1230. The van der Waals surface area contributed by atoms with Crippen LogP contribution in [0.1, 0.15) is 72.1 Å². The Morgan fingerprint density at radius 1 is 1.09 bits per heavy atom.